The Hall–Kier alpha value is 0.604. The lowest BCUT2D eigenvalue weighted by Gasteiger charge is -2.37. The second-order valence-corrected chi connectivity index (χ2v) is 23.1. The van der Waals surface area contributed by atoms with E-state index in [4.69, 9.17) is 25.3 Å². The van der Waals surface area contributed by atoms with E-state index in [9.17, 15) is 0 Å². The monoisotopic (exact) mass is 456 g/mol. The second-order valence-electron chi connectivity index (χ2n) is 11.1. The average Bonchev–Trinajstić information content (AvgIpc) is 2.91. The molecule has 0 unspecified atom stereocenters. The van der Waals surface area contributed by atoms with Crippen LogP contribution in [0.25, 0.3) is 0 Å². The topological polar surface area (TPSA) is 38.7 Å². The Kier molecular flexibility index (Phi) is 17.3. The van der Waals surface area contributed by atoms with Gasteiger partial charge in [-0.25, -0.2) is 0 Å². The SMILES string of the molecule is C1CCOC1.CC(C)(C)[Si](C)(C)Cl.CC(C)O.CC(C)O[Si](C)(C)C(C)(C)C. The number of rotatable bonds is 2. The van der Waals surface area contributed by atoms with Crippen molar-refractivity contribution in [3.63, 3.8) is 0 Å². The average molecular weight is 457 g/mol. The van der Waals surface area contributed by atoms with Gasteiger partial charge in [0.2, 0.25) is 0 Å². The van der Waals surface area contributed by atoms with Crippen LogP contribution in [0.15, 0.2) is 0 Å². The summed E-state index contributed by atoms with van der Waals surface area (Å²) in [6.07, 6.45) is 2.76. The third kappa shape index (κ3) is 21.3. The van der Waals surface area contributed by atoms with E-state index in [0.717, 1.165) is 13.2 Å². The molecule has 0 spiro atoms. The van der Waals surface area contributed by atoms with Crippen molar-refractivity contribution >= 4 is 26.8 Å². The van der Waals surface area contributed by atoms with Crippen LogP contribution in [0, 0.1) is 0 Å². The maximum Gasteiger partial charge on any atom is 0.192 e. The van der Waals surface area contributed by atoms with Crippen LogP contribution in [0.5, 0.6) is 0 Å². The van der Waals surface area contributed by atoms with Gasteiger partial charge in [0.05, 0.1) is 0 Å². The van der Waals surface area contributed by atoms with E-state index in [2.05, 4.69) is 81.6 Å². The summed E-state index contributed by atoms with van der Waals surface area (Å²) in [5.41, 5.74) is 0. The minimum atomic E-state index is -1.47. The first-order valence-corrected chi connectivity index (χ1v) is 17.7. The van der Waals surface area contributed by atoms with Gasteiger partial charge in [0, 0.05) is 25.4 Å². The molecule has 0 bridgehead atoms. The van der Waals surface area contributed by atoms with Crippen LogP contribution in [0.2, 0.25) is 36.3 Å². The lowest BCUT2D eigenvalue weighted by Crippen LogP contribution is -2.42. The van der Waals surface area contributed by atoms with Crippen LogP contribution in [0.4, 0.5) is 0 Å². The van der Waals surface area contributed by atoms with E-state index in [1.807, 2.05) is 0 Å². The molecule has 1 aliphatic heterocycles. The van der Waals surface area contributed by atoms with Gasteiger partial charge in [0.25, 0.3) is 0 Å². The van der Waals surface area contributed by atoms with Gasteiger partial charge in [-0.2, -0.15) is 11.1 Å². The van der Waals surface area contributed by atoms with Gasteiger partial charge in [0.15, 0.2) is 15.7 Å². The zero-order chi connectivity index (χ0) is 23.4. The van der Waals surface area contributed by atoms with Gasteiger partial charge >= 0.3 is 0 Å². The van der Waals surface area contributed by atoms with E-state index < -0.39 is 15.7 Å². The quantitative estimate of drug-likeness (QED) is 0.339. The molecule has 0 amide bonds. The van der Waals surface area contributed by atoms with Crippen LogP contribution < -0.4 is 0 Å². The van der Waals surface area contributed by atoms with E-state index in [-0.39, 0.29) is 6.10 Å². The molecule has 1 fully saturated rings. The summed E-state index contributed by atoms with van der Waals surface area (Å²) in [6, 6.07) is 0. The summed E-state index contributed by atoms with van der Waals surface area (Å²) in [7, 11) is -2.85. The molecule has 1 N–H and O–H groups in total. The maximum atomic E-state index is 8.06. The largest absolute Gasteiger partial charge is 0.415 e. The van der Waals surface area contributed by atoms with E-state index >= 15 is 0 Å². The number of hydrogen-bond acceptors (Lipinski definition) is 3. The van der Waals surface area contributed by atoms with Gasteiger partial charge < -0.3 is 14.3 Å². The Morgan fingerprint density at radius 3 is 1.18 bits per heavy atom. The van der Waals surface area contributed by atoms with E-state index in [1.165, 1.54) is 12.8 Å². The third-order valence-corrected chi connectivity index (χ3v) is 14.9. The molecule has 1 saturated heterocycles. The molecule has 1 heterocycles. The van der Waals surface area contributed by atoms with Crippen LogP contribution in [-0.4, -0.2) is 46.2 Å². The zero-order valence-electron chi connectivity index (χ0n) is 21.6. The van der Waals surface area contributed by atoms with Gasteiger partial charge in [-0.05, 0) is 63.7 Å². The Bertz CT molecular complexity index is 339. The molecule has 0 aromatic carbocycles. The molecule has 3 nitrogen and oxygen atoms in total. The van der Waals surface area contributed by atoms with Gasteiger partial charge in [-0.15, -0.1) is 0 Å². The summed E-state index contributed by atoms with van der Waals surface area (Å²) in [4.78, 5) is 0. The molecule has 0 radical (unpaired) electrons. The Morgan fingerprint density at radius 1 is 0.821 bits per heavy atom. The molecule has 28 heavy (non-hydrogen) atoms. The normalized spacial score (nSPS) is 15.2. The van der Waals surface area contributed by atoms with Crippen molar-refractivity contribution in [3.8, 4) is 0 Å². The minimum Gasteiger partial charge on any atom is -0.415 e. The maximum absolute atomic E-state index is 8.06. The fourth-order valence-electron chi connectivity index (χ4n) is 1.28. The van der Waals surface area contributed by atoms with E-state index in [1.54, 1.807) is 13.8 Å². The van der Waals surface area contributed by atoms with Crippen LogP contribution in [0.3, 0.4) is 0 Å². The summed E-state index contributed by atoms with van der Waals surface area (Å²) < 4.78 is 10.9. The molecule has 0 aliphatic carbocycles. The van der Waals surface area contributed by atoms with Crippen molar-refractivity contribution in [1.82, 2.24) is 0 Å². The number of aliphatic hydroxyl groups excluding tert-OH is 1. The molecule has 0 atom stereocenters. The second kappa shape index (κ2) is 14.6. The van der Waals surface area contributed by atoms with Crippen LogP contribution >= 0.6 is 11.1 Å². The number of aliphatic hydroxyl groups is 1. The zero-order valence-corrected chi connectivity index (χ0v) is 24.4. The van der Waals surface area contributed by atoms with Gasteiger partial charge in [-0.1, -0.05) is 54.6 Å². The molecule has 6 heteroatoms. The molecular formula is C22H53ClO3Si2. The predicted octanol–water partition coefficient (Wildman–Crippen LogP) is 7.83. The summed E-state index contributed by atoms with van der Waals surface area (Å²) in [5.74, 6) is 0. The van der Waals surface area contributed by atoms with Gasteiger partial charge in [0.1, 0.15) is 0 Å². The summed E-state index contributed by atoms with van der Waals surface area (Å²) in [6.45, 7) is 32.0. The first-order chi connectivity index (χ1) is 12.1. The number of ether oxygens (including phenoxy) is 1. The van der Waals surface area contributed by atoms with Crippen LogP contribution in [-0.2, 0) is 9.16 Å². The number of halogens is 1. The Labute approximate surface area is 184 Å². The number of hydrogen-bond donors (Lipinski definition) is 1. The smallest absolute Gasteiger partial charge is 0.192 e. The summed E-state index contributed by atoms with van der Waals surface area (Å²) in [5, 5.41) is 8.74. The van der Waals surface area contributed by atoms with Crippen molar-refractivity contribution in [2.75, 3.05) is 13.2 Å². The minimum absolute atomic E-state index is 0.167. The van der Waals surface area contributed by atoms with Crippen molar-refractivity contribution < 1.29 is 14.3 Å². The molecule has 0 aromatic heterocycles. The van der Waals surface area contributed by atoms with Gasteiger partial charge in [-0.3, -0.25) is 0 Å². The summed E-state index contributed by atoms with van der Waals surface area (Å²) >= 11 is 6.15. The van der Waals surface area contributed by atoms with Crippen molar-refractivity contribution in [2.45, 2.75) is 131 Å². The van der Waals surface area contributed by atoms with Crippen molar-refractivity contribution in [3.05, 3.63) is 0 Å². The van der Waals surface area contributed by atoms with Crippen molar-refractivity contribution in [2.24, 2.45) is 0 Å². The molecule has 1 aliphatic rings. The molecule has 0 aromatic rings. The highest BCUT2D eigenvalue weighted by atomic mass is 35.6. The third-order valence-electron chi connectivity index (χ3n) is 4.95. The lowest BCUT2D eigenvalue weighted by atomic mass is 10.2. The van der Waals surface area contributed by atoms with Crippen LogP contribution in [0.1, 0.15) is 82.1 Å². The standard InChI is InChI=1S/C9H22OSi.C6H15ClSi.C4H8O.C3H8O/c1-8(2)10-11(6,7)9(3,4)5;1-6(2,3)8(4,5)7;1-2-4-5-3-1;1-3(2)4/h8H,1-7H3;1-5H3;1-4H2;3-4H,1-2H3. The molecular weight excluding hydrogens is 404 g/mol. The Morgan fingerprint density at radius 2 is 1.11 bits per heavy atom. The highest BCUT2D eigenvalue weighted by molar-refractivity contribution is 7.20. The lowest BCUT2D eigenvalue weighted by molar-refractivity contribution is 0.198. The fraction of sp³-hybridized carbons (Fsp3) is 1.00. The predicted molar refractivity (Wildman–Crippen MR) is 134 cm³/mol. The van der Waals surface area contributed by atoms with E-state index in [0.29, 0.717) is 16.2 Å². The Balaban J connectivity index is -0.000000320. The molecule has 1 rings (SSSR count). The first-order valence-electron chi connectivity index (χ1n) is 10.8. The van der Waals surface area contributed by atoms with Crippen molar-refractivity contribution in [1.29, 1.82) is 0 Å². The molecule has 174 valence electrons. The highest BCUT2D eigenvalue weighted by Gasteiger charge is 2.37. The highest BCUT2D eigenvalue weighted by Crippen LogP contribution is 2.38. The molecule has 0 saturated carbocycles. The fourth-order valence-corrected chi connectivity index (χ4v) is 2.81. The first kappa shape index (κ1) is 33.2.